The van der Waals surface area contributed by atoms with Gasteiger partial charge in [-0.1, -0.05) is 18.2 Å². The number of carbonyl (C=O) groups is 2. The third kappa shape index (κ3) is 5.54. The molecule has 2 amide bonds. The van der Waals surface area contributed by atoms with E-state index in [1.807, 2.05) is 30.3 Å². The molecule has 5 nitrogen and oxygen atoms in total. The summed E-state index contributed by atoms with van der Waals surface area (Å²) in [7, 11) is 0. The van der Waals surface area contributed by atoms with Gasteiger partial charge in [0.05, 0.1) is 20.4 Å². The number of amides is 2. The molecule has 0 bridgehead atoms. The molecule has 0 heterocycles. The maximum absolute atomic E-state index is 12.1. The largest absolute Gasteiger partial charge is 0.481 e. The fourth-order valence-corrected chi connectivity index (χ4v) is 3.76. The van der Waals surface area contributed by atoms with Crippen LogP contribution in [0.1, 0.15) is 0 Å². The number of hydrogen-bond donors (Lipinski definition) is 2. The van der Waals surface area contributed by atoms with Gasteiger partial charge in [-0.2, -0.15) is 0 Å². The van der Waals surface area contributed by atoms with Crippen molar-refractivity contribution in [3.63, 3.8) is 0 Å². The van der Waals surface area contributed by atoms with Crippen molar-refractivity contribution < 1.29 is 14.3 Å². The van der Waals surface area contributed by atoms with E-state index in [9.17, 15) is 9.59 Å². The Hall–Kier alpha value is -1.51. The van der Waals surface area contributed by atoms with Crippen molar-refractivity contribution in [2.45, 2.75) is 4.90 Å². The van der Waals surface area contributed by atoms with Crippen molar-refractivity contribution in [3.05, 3.63) is 51.4 Å². The SMILES string of the molecule is NC(=O)CSc1ccccc1NC(=O)COc1c(Br)cccc1Br. The standard InChI is InChI=1S/C16H14Br2N2O3S/c17-10-4-3-5-11(18)16(10)23-8-15(22)20-12-6-1-2-7-13(12)24-9-14(19)21/h1-7H,8-9H2,(H2,19,21)(H,20,22). The number of thioether (sulfide) groups is 1. The lowest BCUT2D eigenvalue weighted by atomic mass is 10.3. The van der Waals surface area contributed by atoms with Crippen LogP contribution in [0.3, 0.4) is 0 Å². The number of carbonyl (C=O) groups excluding carboxylic acids is 2. The van der Waals surface area contributed by atoms with Gasteiger partial charge in [-0.25, -0.2) is 0 Å². The molecule has 8 heteroatoms. The van der Waals surface area contributed by atoms with Gasteiger partial charge in [-0.05, 0) is 56.1 Å². The van der Waals surface area contributed by atoms with Crippen molar-refractivity contribution >= 4 is 61.1 Å². The van der Waals surface area contributed by atoms with E-state index < -0.39 is 5.91 Å². The highest BCUT2D eigenvalue weighted by Gasteiger charge is 2.11. The molecular weight excluding hydrogens is 460 g/mol. The summed E-state index contributed by atoms with van der Waals surface area (Å²) in [5.41, 5.74) is 5.77. The lowest BCUT2D eigenvalue weighted by molar-refractivity contribution is -0.118. The number of primary amides is 1. The van der Waals surface area contributed by atoms with Gasteiger partial charge in [0.1, 0.15) is 5.75 Å². The Morgan fingerprint density at radius 1 is 1.08 bits per heavy atom. The summed E-state index contributed by atoms with van der Waals surface area (Å²) in [6.07, 6.45) is 0. The summed E-state index contributed by atoms with van der Waals surface area (Å²) in [5, 5.41) is 2.78. The topological polar surface area (TPSA) is 81.4 Å². The maximum atomic E-state index is 12.1. The van der Waals surface area contributed by atoms with Crippen molar-refractivity contribution in [1.82, 2.24) is 0 Å². The molecule has 126 valence electrons. The zero-order chi connectivity index (χ0) is 17.5. The average molecular weight is 474 g/mol. The van der Waals surface area contributed by atoms with E-state index in [0.717, 1.165) is 13.8 Å². The molecule has 0 unspecified atom stereocenters. The lowest BCUT2D eigenvalue weighted by Gasteiger charge is -2.12. The highest BCUT2D eigenvalue weighted by Crippen LogP contribution is 2.33. The molecule has 2 aromatic rings. The highest BCUT2D eigenvalue weighted by atomic mass is 79.9. The van der Waals surface area contributed by atoms with Crippen molar-refractivity contribution in [1.29, 1.82) is 0 Å². The van der Waals surface area contributed by atoms with Crippen LogP contribution in [0.25, 0.3) is 0 Å². The third-order valence-corrected chi connectivity index (χ3v) is 5.14. The number of para-hydroxylation sites is 2. The van der Waals surface area contributed by atoms with Gasteiger partial charge in [0, 0.05) is 4.90 Å². The number of halogens is 2. The molecule has 0 fully saturated rings. The second kappa shape index (κ2) is 9.10. The minimum absolute atomic E-state index is 0.143. The fraction of sp³-hybridized carbons (Fsp3) is 0.125. The molecule has 0 aliphatic heterocycles. The molecule has 2 aromatic carbocycles. The highest BCUT2D eigenvalue weighted by molar-refractivity contribution is 9.11. The molecular formula is C16H14Br2N2O3S. The maximum Gasteiger partial charge on any atom is 0.262 e. The van der Waals surface area contributed by atoms with E-state index >= 15 is 0 Å². The monoisotopic (exact) mass is 472 g/mol. The average Bonchev–Trinajstić information content (AvgIpc) is 2.53. The van der Waals surface area contributed by atoms with Crippen LogP contribution in [0.2, 0.25) is 0 Å². The Kier molecular flexibility index (Phi) is 7.14. The van der Waals surface area contributed by atoms with Gasteiger partial charge in [0.2, 0.25) is 5.91 Å². The second-order valence-corrected chi connectivity index (χ2v) is 7.36. The normalized spacial score (nSPS) is 10.2. The number of nitrogens with one attached hydrogen (secondary N) is 1. The Morgan fingerprint density at radius 3 is 2.42 bits per heavy atom. The molecule has 24 heavy (non-hydrogen) atoms. The van der Waals surface area contributed by atoms with Gasteiger partial charge in [-0.15, -0.1) is 11.8 Å². The third-order valence-electron chi connectivity index (χ3n) is 2.80. The van der Waals surface area contributed by atoms with Crippen molar-refractivity contribution in [2.75, 3.05) is 17.7 Å². The zero-order valence-corrected chi connectivity index (χ0v) is 16.4. The predicted octanol–water partition coefficient (Wildman–Crippen LogP) is 3.81. The fourth-order valence-electron chi connectivity index (χ4n) is 1.79. The number of nitrogens with two attached hydrogens (primary N) is 1. The van der Waals surface area contributed by atoms with Crippen LogP contribution in [-0.2, 0) is 9.59 Å². The van der Waals surface area contributed by atoms with Crippen LogP contribution in [0.5, 0.6) is 5.75 Å². The smallest absolute Gasteiger partial charge is 0.262 e. The molecule has 0 aliphatic rings. The van der Waals surface area contributed by atoms with Gasteiger partial charge < -0.3 is 15.8 Å². The summed E-state index contributed by atoms with van der Waals surface area (Å²) in [5.74, 6) is -0.00938. The lowest BCUT2D eigenvalue weighted by Crippen LogP contribution is -2.21. The number of ether oxygens (including phenoxy) is 1. The molecule has 0 aromatic heterocycles. The first-order chi connectivity index (χ1) is 11.5. The van der Waals surface area contributed by atoms with Crippen LogP contribution in [0.15, 0.2) is 56.3 Å². The Labute approximate surface area is 160 Å². The van der Waals surface area contributed by atoms with Crippen LogP contribution in [0, 0.1) is 0 Å². The summed E-state index contributed by atoms with van der Waals surface area (Å²) < 4.78 is 7.06. The van der Waals surface area contributed by atoms with Crippen LogP contribution in [-0.4, -0.2) is 24.2 Å². The van der Waals surface area contributed by atoms with E-state index in [1.165, 1.54) is 11.8 Å². The van der Waals surface area contributed by atoms with Gasteiger partial charge in [0.15, 0.2) is 6.61 Å². The van der Waals surface area contributed by atoms with E-state index in [-0.39, 0.29) is 18.3 Å². The Morgan fingerprint density at radius 2 is 1.75 bits per heavy atom. The summed E-state index contributed by atoms with van der Waals surface area (Å²) >= 11 is 8.02. The molecule has 0 radical (unpaired) electrons. The van der Waals surface area contributed by atoms with Crippen molar-refractivity contribution in [2.24, 2.45) is 5.73 Å². The van der Waals surface area contributed by atoms with E-state index in [1.54, 1.807) is 12.1 Å². The first kappa shape index (κ1) is 18.8. The summed E-state index contributed by atoms with van der Waals surface area (Å²) in [6, 6.07) is 12.7. The Bertz CT molecular complexity index is 736. The molecule has 0 spiro atoms. The van der Waals surface area contributed by atoms with Crippen LogP contribution in [0.4, 0.5) is 5.69 Å². The minimum Gasteiger partial charge on any atom is -0.481 e. The number of anilines is 1. The second-order valence-electron chi connectivity index (χ2n) is 4.64. The predicted molar refractivity (Wildman–Crippen MR) is 102 cm³/mol. The Balaban J connectivity index is 1.99. The molecule has 0 saturated carbocycles. The molecule has 0 saturated heterocycles. The molecule has 3 N–H and O–H groups in total. The van der Waals surface area contributed by atoms with E-state index in [2.05, 4.69) is 37.2 Å². The van der Waals surface area contributed by atoms with Gasteiger partial charge in [0.25, 0.3) is 5.91 Å². The molecule has 2 rings (SSSR count). The summed E-state index contributed by atoms with van der Waals surface area (Å²) in [4.78, 5) is 23.8. The first-order valence-corrected chi connectivity index (χ1v) is 9.41. The van der Waals surface area contributed by atoms with Crippen LogP contribution < -0.4 is 15.8 Å². The summed E-state index contributed by atoms with van der Waals surface area (Å²) in [6.45, 7) is -0.143. The zero-order valence-electron chi connectivity index (χ0n) is 12.4. The number of hydrogen-bond acceptors (Lipinski definition) is 4. The first-order valence-electron chi connectivity index (χ1n) is 6.84. The van der Waals surface area contributed by atoms with Gasteiger partial charge >= 0.3 is 0 Å². The van der Waals surface area contributed by atoms with E-state index in [0.29, 0.717) is 11.4 Å². The minimum atomic E-state index is -0.414. The number of benzene rings is 2. The quantitative estimate of drug-likeness (QED) is 0.599. The van der Waals surface area contributed by atoms with Crippen molar-refractivity contribution in [3.8, 4) is 5.75 Å². The van der Waals surface area contributed by atoms with E-state index in [4.69, 9.17) is 10.5 Å². The van der Waals surface area contributed by atoms with Crippen LogP contribution >= 0.6 is 43.6 Å². The number of rotatable bonds is 7. The van der Waals surface area contributed by atoms with Gasteiger partial charge in [-0.3, -0.25) is 9.59 Å². The molecule has 0 aliphatic carbocycles. The molecule has 0 atom stereocenters.